The lowest BCUT2D eigenvalue weighted by atomic mass is 10.1. The highest BCUT2D eigenvalue weighted by atomic mass is 35.5. The van der Waals surface area contributed by atoms with Crippen LogP contribution in [0.3, 0.4) is 0 Å². The van der Waals surface area contributed by atoms with Gasteiger partial charge in [-0.2, -0.15) is 0 Å². The maximum atomic E-state index is 10.6. The van der Waals surface area contributed by atoms with E-state index < -0.39 is 5.97 Å². The first kappa shape index (κ1) is 12.4. The van der Waals surface area contributed by atoms with E-state index in [0.29, 0.717) is 5.02 Å². The number of halogens is 1. The van der Waals surface area contributed by atoms with E-state index in [1.807, 2.05) is 12.1 Å². The maximum absolute atomic E-state index is 10.6. The van der Waals surface area contributed by atoms with Crippen LogP contribution in [0.15, 0.2) is 18.2 Å². The summed E-state index contributed by atoms with van der Waals surface area (Å²) in [6, 6.07) is 5.56. The van der Waals surface area contributed by atoms with Gasteiger partial charge in [0.2, 0.25) is 0 Å². The number of hydrogen-bond acceptors (Lipinski definition) is 2. The van der Waals surface area contributed by atoms with Crippen LogP contribution in [0.5, 0.6) is 0 Å². The van der Waals surface area contributed by atoms with Crippen LogP contribution in [-0.4, -0.2) is 29.1 Å². The summed E-state index contributed by atoms with van der Waals surface area (Å²) >= 11 is 6.17. The van der Waals surface area contributed by atoms with Crippen LogP contribution >= 0.6 is 11.6 Å². The second-order valence-electron chi connectivity index (χ2n) is 4.48. The largest absolute Gasteiger partial charge is 0.481 e. The lowest BCUT2D eigenvalue weighted by molar-refractivity contribution is -0.136. The van der Waals surface area contributed by atoms with E-state index in [9.17, 15) is 4.79 Å². The average Bonchev–Trinajstić information content (AvgIpc) is 2.74. The molecule has 0 radical (unpaired) electrons. The summed E-state index contributed by atoms with van der Waals surface area (Å²) in [5.41, 5.74) is 1.84. The number of carboxylic acid groups (broad SMARTS) is 1. The molecule has 2 rings (SSSR count). The number of likely N-dealkylation sites (tertiary alicyclic amines) is 1. The van der Waals surface area contributed by atoms with Crippen LogP contribution in [0.25, 0.3) is 0 Å². The molecule has 0 atom stereocenters. The van der Waals surface area contributed by atoms with E-state index in [1.54, 1.807) is 6.07 Å². The highest BCUT2D eigenvalue weighted by molar-refractivity contribution is 6.31. The van der Waals surface area contributed by atoms with Crippen molar-refractivity contribution >= 4 is 17.6 Å². The van der Waals surface area contributed by atoms with Gasteiger partial charge in [0.1, 0.15) is 0 Å². The fourth-order valence-corrected chi connectivity index (χ4v) is 2.45. The van der Waals surface area contributed by atoms with Gasteiger partial charge in [-0.05, 0) is 43.1 Å². The number of rotatable bonds is 4. The van der Waals surface area contributed by atoms with Gasteiger partial charge in [-0.15, -0.1) is 0 Å². The Morgan fingerprint density at radius 2 is 2.06 bits per heavy atom. The van der Waals surface area contributed by atoms with Crippen LogP contribution in [-0.2, 0) is 17.8 Å². The quantitative estimate of drug-likeness (QED) is 0.897. The minimum atomic E-state index is -0.826. The molecule has 17 heavy (non-hydrogen) atoms. The van der Waals surface area contributed by atoms with Gasteiger partial charge >= 0.3 is 5.97 Å². The zero-order valence-electron chi connectivity index (χ0n) is 9.66. The SMILES string of the molecule is O=C(O)Cc1ccc(CN2CCCC2)c(Cl)c1. The maximum Gasteiger partial charge on any atom is 0.307 e. The van der Waals surface area contributed by atoms with Gasteiger partial charge in [-0.25, -0.2) is 0 Å². The Balaban J connectivity index is 2.05. The normalized spacial score (nSPS) is 16.3. The number of carbonyl (C=O) groups is 1. The highest BCUT2D eigenvalue weighted by Gasteiger charge is 2.13. The minimum absolute atomic E-state index is 0.0315. The smallest absolute Gasteiger partial charge is 0.307 e. The molecule has 0 aromatic heterocycles. The molecule has 1 aromatic rings. The lowest BCUT2D eigenvalue weighted by Gasteiger charge is -2.15. The number of hydrogen-bond donors (Lipinski definition) is 1. The van der Waals surface area contributed by atoms with Crippen molar-refractivity contribution in [3.63, 3.8) is 0 Å². The molecule has 1 saturated heterocycles. The molecule has 0 aliphatic carbocycles. The van der Waals surface area contributed by atoms with E-state index in [2.05, 4.69) is 4.90 Å². The third kappa shape index (κ3) is 3.45. The third-order valence-electron chi connectivity index (χ3n) is 3.07. The van der Waals surface area contributed by atoms with Crippen LogP contribution < -0.4 is 0 Å². The van der Waals surface area contributed by atoms with Gasteiger partial charge in [0.25, 0.3) is 0 Å². The van der Waals surface area contributed by atoms with Gasteiger partial charge in [-0.1, -0.05) is 23.7 Å². The van der Waals surface area contributed by atoms with Gasteiger partial charge in [0.05, 0.1) is 6.42 Å². The van der Waals surface area contributed by atoms with E-state index in [-0.39, 0.29) is 6.42 Å². The van der Waals surface area contributed by atoms with Gasteiger partial charge in [0.15, 0.2) is 0 Å². The molecular formula is C13H16ClNO2. The first-order chi connectivity index (χ1) is 8.15. The van der Waals surface area contributed by atoms with Crippen molar-refractivity contribution < 1.29 is 9.90 Å². The predicted molar refractivity (Wildman–Crippen MR) is 67.3 cm³/mol. The number of benzene rings is 1. The fourth-order valence-electron chi connectivity index (χ4n) is 2.19. The zero-order valence-corrected chi connectivity index (χ0v) is 10.4. The number of carboxylic acids is 1. The van der Waals surface area contributed by atoms with Crippen LogP contribution in [0.4, 0.5) is 0 Å². The first-order valence-electron chi connectivity index (χ1n) is 5.86. The fraction of sp³-hybridized carbons (Fsp3) is 0.462. The Morgan fingerprint density at radius 3 is 2.65 bits per heavy atom. The molecule has 0 saturated carbocycles. The molecule has 0 spiro atoms. The zero-order chi connectivity index (χ0) is 12.3. The highest BCUT2D eigenvalue weighted by Crippen LogP contribution is 2.21. The molecule has 92 valence electrons. The van der Waals surface area contributed by atoms with Crippen molar-refractivity contribution in [1.82, 2.24) is 4.90 Å². The van der Waals surface area contributed by atoms with Crippen molar-refractivity contribution in [2.45, 2.75) is 25.8 Å². The Bertz CT molecular complexity index is 414. The summed E-state index contributed by atoms with van der Waals surface area (Å²) in [4.78, 5) is 13.0. The third-order valence-corrected chi connectivity index (χ3v) is 3.42. The van der Waals surface area contributed by atoms with Crippen LogP contribution in [0.2, 0.25) is 5.02 Å². The Labute approximate surface area is 106 Å². The molecule has 1 fully saturated rings. The Kier molecular flexibility index (Phi) is 4.02. The van der Waals surface area contributed by atoms with Crippen molar-refractivity contribution in [1.29, 1.82) is 0 Å². The molecule has 1 aliphatic rings. The Hall–Kier alpha value is -1.06. The van der Waals surface area contributed by atoms with Crippen molar-refractivity contribution in [2.24, 2.45) is 0 Å². The van der Waals surface area contributed by atoms with Crippen LogP contribution in [0, 0.1) is 0 Å². The van der Waals surface area contributed by atoms with E-state index in [1.165, 1.54) is 12.8 Å². The van der Waals surface area contributed by atoms with Crippen molar-refractivity contribution in [2.75, 3.05) is 13.1 Å². The van der Waals surface area contributed by atoms with Gasteiger partial charge < -0.3 is 5.11 Å². The minimum Gasteiger partial charge on any atom is -0.481 e. The van der Waals surface area contributed by atoms with E-state index in [4.69, 9.17) is 16.7 Å². The van der Waals surface area contributed by atoms with Crippen LogP contribution in [0.1, 0.15) is 24.0 Å². The van der Waals surface area contributed by atoms with Gasteiger partial charge in [0, 0.05) is 11.6 Å². The van der Waals surface area contributed by atoms with Crippen molar-refractivity contribution in [3.05, 3.63) is 34.3 Å². The second-order valence-corrected chi connectivity index (χ2v) is 4.89. The number of aliphatic carboxylic acids is 1. The average molecular weight is 254 g/mol. The summed E-state index contributed by atoms with van der Waals surface area (Å²) in [7, 11) is 0. The molecule has 0 amide bonds. The topological polar surface area (TPSA) is 40.5 Å². The summed E-state index contributed by atoms with van der Waals surface area (Å²) in [5.74, 6) is -0.826. The molecule has 1 aliphatic heterocycles. The summed E-state index contributed by atoms with van der Waals surface area (Å²) in [6.45, 7) is 3.13. The molecule has 1 heterocycles. The first-order valence-corrected chi connectivity index (χ1v) is 6.24. The molecule has 0 bridgehead atoms. The molecular weight excluding hydrogens is 238 g/mol. The Morgan fingerprint density at radius 1 is 1.35 bits per heavy atom. The molecule has 1 aromatic carbocycles. The monoisotopic (exact) mass is 253 g/mol. The van der Waals surface area contributed by atoms with E-state index in [0.717, 1.165) is 30.8 Å². The molecule has 3 nitrogen and oxygen atoms in total. The molecule has 1 N–H and O–H groups in total. The van der Waals surface area contributed by atoms with Gasteiger partial charge in [-0.3, -0.25) is 9.69 Å². The number of nitrogens with zero attached hydrogens (tertiary/aromatic N) is 1. The van der Waals surface area contributed by atoms with E-state index >= 15 is 0 Å². The molecule has 4 heteroatoms. The summed E-state index contributed by atoms with van der Waals surface area (Å²) in [6.07, 6.45) is 2.55. The standard InChI is InChI=1S/C13H16ClNO2/c14-12-7-10(8-13(16)17)3-4-11(12)9-15-5-1-2-6-15/h3-4,7H,1-2,5-6,8-9H2,(H,16,17). The molecule has 0 unspecified atom stereocenters. The summed E-state index contributed by atoms with van der Waals surface area (Å²) in [5, 5.41) is 9.38. The predicted octanol–water partition coefficient (Wildman–Crippen LogP) is 2.56. The second kappa shape index (κ2) is 5.52. The van der Waals surface area contributed by atoms with Crippen molar-refractivity contribution in [3.8, 4) is 0 Å². The summed E-state index contributed by atoms with van der Waals surface area (Å²) < 4.78 is 0. The lowest BCUT2D eigenvalue weighted by Crippen LogP contribution is -2.18.